The molecule has 0 heterocycles. The maximum absolute atomic E-state index is 7.01. The number of benzene rings is 1. The van der Waals surface area contributed by atoms with E-state index in [9.17, 15) is 0 Å². The summed E-state index contributed by atoms with van der Waals surface area (Å²) in [6.07, 6.45) is 0. The molecule has 0 spiro atoms. The Labute approximate surface area is 92.1 Å². The van der Waals surface area contributed by atoms with Crippen molar-refractivity contribution >= 4 is 40.6 Å². The number of amidine groups is 1. The number of nitrogens with two attached hydrogens (primary N) is 1. The van der Waals surface area contributed by atoms with E-state index in [1.807, 2.05) is 30.3 Å². The van der Waals surface area contributed by atoms with Crippen molar-refractivity contribution in [1.29, 1.82) is 5.41 Å². The molecule has 0 aliphatic rings. The number of hydrogen-bond acceptors (Lipinski definition) is 1. The fraction of sp³-hybridized carbons (Fsp3) is 0.125. The van der Waals surface area contributed by atoms with Gasteiger partial charge in [0.15, 0.2) is 4.30 Å². The first-order valence-corrected chi connectivity index (χ1v) is 4.66. The second kappa shape index (κ2) is 7.01. The van der Waals surface area contributed by atoms with Crippen LogP contribution in [0.4, 0.5) is 0 Å². The summed E-state index contributed by atoms with van der Waals surface area (Å²) in [5.74, 6) is 0.121. The highest BCUT2D eigenvalue weighted by atomic mass is 35.6. The van der Waals surface area contributed by atoms with E-state index in [4.69, 9.17) is 45.9 Å². The second-order valence-corrected chi connectivity index (χ2v) is 4.01. The molecule has 0 unspecified atom stereocenters. The predicted molar refractivity (Wildman–Crippen MR) is 58.8 cm³/mol. The van der Waals surface area contributed by atoms with Crippen molar-refractivity contribution in [1.82, 2.24) is 0 Å². The Morgan fingerprint density at radius 1 is 1.15 bits per heavy atom. The summed E-state index contributed by atoms with van der Waals surface area (Å²) < 4.78 is -0.750. The quantitative estimate of drug-likeness (QED) is 0.442. The zero-order chi connectivity index (χ0) is 10.3. The number of hydrogen-bond donors (Lipinski definition) is 2. The summed E-state index contributed by atoms with van der Waals surface area (Å²) >= 11 is 14.4. The van der Waals surface area contributed by atoms with Crippen LogP contribution in [-0.4, -0.2) is 10.1 Å². The van der Waals surface area contributed by atoms with Crippen LogP contribution in [0.15, 0.2) is 30.3 Å². The van der Waals surface area contributed by atoms with Gasteiger partial charge in [0.1, 0.15) is 5.84 Å². The van der Waals surface area contributed by atoms with Gasteiger partial charge < -0.3 is 5.73 Å². The zero-order valence-electron chi connectivity index (χ0n) is 6.68. The molecule has 2 nitrogen and oxygen atoms in total. The van der Waals surface area contributed by atoms with E-state index in [1.165, 1.54) is 0 Å². The van der Waals surface area contributed by atoms with E-state index in [2.05, 4.69) is 0 Å². The minimum absolute atomic E-state index is 0.121. The predicted octanol–water partition coefficient (Wildman–Crippen LogP) is 2.96. The van der Waals surface area contributed by atoms with Crippen molar-refractivity contribution < 1.29 is 0 Å². The minimum atomic E-state index is -0.750. The Morgan fingerprint density at radius 3 is 1.77 bits per heavy atom. The van der Waals surface area contributed by atoms with E-state index in [-0.39, 0.29) is 5.84 Å². The third-order valence-corrected chi connectivity index (χ3v) is 1.08. The Bertz CT molecular complexity index is 246. The van der Waals surface area contributed by atoms with Crippen molar-refractivity contribution in [2.75, 3.05) is 0 Å². The van der Waals surface area contributed by atoms with Crippen LogP contribution in [0.25, 0.3) is 0 Å². The van der Waals surface area contributed by atoms with Gasteiger partial charge in [-0.05, 0) is 0 Å². The van der Waals surface area contributed by atoms with Gasteiger partial charge in [-0.3, -0.25) is 5.41 Å². The summed E-state index contributed by atoms with van der Waals surface area (Å²) in [4.78, 5) is 0. The molecule has 0 aliphatic heterocycles. The average molecular weight is 240 g/mol. The molecule has 0 aromatic heterocycles. The first-order valence-electron chi connectivity index (χ1n) is 3.35. The van der Waals surface area contributed by atoms with Crippen molar-refractivity contribution in [2.45, 2.75) is 4.30 Å². The van der Waals surface area contributed by atoms with Crippen LogP contribution in [0.5, 0.6) is 0 Å². The Morgan fingerprint density at radius 2 is 1.54 bits per heavy atom. The van der Waals surface area contributed by atoms with E-state index in [1.54, 1.807) is 0 Å². The second-order valence-electron chi connectivity index (χ2n) is 2.03. The highest BCUT2D eigenvalue weighted by Gasteiger charge is 1.89. The molecule has 0 amide bonds. The van der Waals surface area contributed by atoms with Gasteiger partial charge in [-0.15, -0.1) is 0 Å². The molecule has 0 aliphatic carbocycles. The van der Waals surface area contributed by atoms with Crippen molar-refractivity contribution in [3.63, 3.8) is 0 Å². The van der Waals surface area contributed by atoms with Crippen LogP contribution in [-0.2, 0) is 0 Å². The van der Waals surface area contributed by atoms with Gasteiger partial charge in [0.2, 0.25) is 0 Å². The van der Waals surface area contributed by atoms with E-state index < -0.39 is 4.30 Å². The van der Waals surface area contributed by atoms with Gasteiger partial charge in [0.25, 0.3) is 0 Å². The van der Waals surface area contributed by atoms with Gasteiger partial charge in [0, 0.05) is 5.56 Å². The number of nitrogen functional groups attached to an aromatic ring is 1. The first kappa shape index (κ1) is 12.6. The molecule has 0 fully saturated rings. The summed E-state index contributed by atoms with van der Waals surface area (Å²) in [5, 5.41) is 7.01. The van der Waals surface area contributed by atoms with Crippen molar-refractivity contribution in [3.8, 4) is 0 Å². The molecule has 3 N–H and O–H groups in total. The van der Waals surface area contributed by atoms with E-state index in [0.717, 1.165) is 5.56 Å². The highest BCUT2D eigenvalue weighted by molar-refractivity contribution is 6.63. The summed E-state index contributed by atoms with van der Waals surface area (Å²) in [7, 11) is 0. The number of nitrogens with one attached hydrogen (secondary N) is 1. The largest absolute Gasteiger partial charge is 0.384 e. The maximum Gasteiger partial charge on any atom is 0.180 e. The number of halogens is 3. The smallest absolute Gasteiger partial charge is 0.180 e. The van der Waals surface area contributed by atoms with E-state index >= 15 is 0 Å². The fourth-order valence-electron chi connectivity index (χ4n) is 0.618. The molecule has 0 atom stereocenters. The first-order chi connectivity index (χ1) is 6.04. The molecule has 0 saturated carbocycles. The van der Waals surface area contributed by atoms with Crippen LogP contribution in [0, 0.1) is 5.41 Å². The third-order valence-electron chi connectivity index (χ3n) is 1.08. The molecule has 72 valence electrons. The third kappa shape index (κ3) is 7.91. The topological polar surface area (TPSA) is 49.9 Å². The van der Waals surface area contributed by atoms with Gasteiger partial charge in [-0.25, -0.2) is 0 Å². The maximum atomic E-state index is 7.01. The lowest BCUT2D eigenvalue weighted by Crippen LogP contribution is -2.10. The van der Waals surface area contributed by atoms with Gasteiger partial charge in [-0.1, -0.05) is 65.1 Å². The Hall–Kier alpha value is -0.440. The van der Waals surface area contributed by atoms with Gasteiger partial charge >= 0.3 is 0 Å². The summed E-state index contributed by atoms with van der Waals surface area (Å²) in [6, 6.07) is 9.23. The zero-order valence-corrected chi connectivity index (χ0v) is 8.94. The molecular weight excluding hydrogens is 230 g/mol. The SMILES string of the molecule is ClC(Cl)Cl.N=C(N)c1ccccc1. The van der Waals surface area contributed by atoms with Crippen LogP contribution in [0.2, 0.25) is 0 Å². The molecule has 1 rings (SSSR count). The normalized spacial score (nSPS) is 8.92. The van der Waals surface area contributed by atoms with Gasteiger partial charge in [0.05, 0.1) is 0 Å². The van der Waals surface area contributed by atoms with Crippen LogP contribution in [0.3, 0.4) is 0 Å². The van der Waals surface area contributed by atoms with Crippen LogP contribution >= 0.6 is 34.8 Å². The molecule has 5 heteroatoms. The standard InChI is InChI=1S/C7H8N2.CHCl3/c8-7(9)6-4-2-1-3-5-6;2-1(3)4/h1-5H,(H3,8,9);1H. The summed E-state index contributed by atoms with van der Waals surface area (Å²) in [6.45, 7) is 0. The molecule has 0 radical (unpaired) electrons. The van der Waals surface area contributed by atoms with E-state index in [0.29, 0.717) is 0 Å². The van der Waals surface area contributed by atoms with Crippen LogP contribution in [0.1, 0.15) is 5.56 Å². The molecule has 0 bridgehead atoms. The lowest BCUT2D eigenvalue weighted by molar-refractivity contribution is 1.42. The number of rotatable bonds is 1. The lowest BCUT2D eigenvalue weighted by atomic mass is 10.2. The monoisotopic (exact) mass is 238 g/mol. The molecule has 13 heavy (non-hydrogen) atoms. The molecule has 1 aromatic carbocycles. The Balaban J connectivity index is 0.000000310. The van der Waals surface area contributed by atoms with Crippen LogP contribution < -0.4 is 5.73 Å². The lowest BCUT2D eigenvalue weighted by Gasteiger charge is -1.93. The molecule has 0 saturated heterocycles. The van der Waals surface area contributed by atoms with Gasteiger partial charge in [-0.2, -0.15) is 0 Å². The highest BCUT2D eigenvalue weighted by Crippen LogP contribution is 2.03. The summed E-state index contributed by atoms with van der Waals surface area (Å²) in [5.41, 5.74) is 5.97. The minimum Gasteiger partial charge on any atom is -0.384 e. The fourth-order valence-corrected chi connectivity index (χ4v) is 0.618. The Kier molecular flexibility index (Phi) is 6.77. The van der Waals surface area contributed by atoms with Crippen molar-refractivity contribution in [2.24, 2.45) is 5.73 Å². The molecule has 1 aromatic rings. The number of alkyl halides is 3. The van der Waals surface area contributed by atoms with Crippen molar-refractivity contribution in [3.05, 3.63) is 35.9 Å². The average Bonchev–Trinajstić information content (AvgIpc) is 2.05. The molecular formula is C8H9Cl3N2.